The number of ether oxygens (including phenoxy) is 2. The van der Waals surface area contributed by atoms with E-state index in [9.17, 15) is 9.59 Å². The Balaban J connectivity index is 1.68. The molecule has 5 heteroatoms. The maximum Gasteiger partial charge on any atom is 0.410 e. The summed E-state index contributed by atoms with van der Waals surface area (Å²) in [6, 6.07) is -0.0345. The molecule has 2 heterocycles. The monoisotopic (exact) mass is 309 g/mol. The van der Waals surface area contributed by atoms with Gasteiger partial charge in [0.25, 0.3) is 0 Å². The molecule has 2 bridgehead atoms. The van der Waals surface area contributed by atoms with Gasteiger partial charge in [-0.1, -0.05) is 6.42 Å². The number of amides is 1. The van der Waals surface area contributed by atoms with Crippen molar-refractivity contribution in [3.05, 3.63) is 0 Å². The number of carbonyl (C=O) groups is 2. The van der Waals surface area contributed by atoms with Crippen LogP contribution in [0.5, 0.6) is 0 Å². The highest BCUT2D eigenvalue weighted by Gasteiger charge is 2.46. The maximum atomic E-state index is 12.5. The number of hydrogen-bond donors (Lipinski definition) is 0. The molecule has 2 aliphatic heterocycles. The summed E-state index contributed by atoms with van der Waals surface area (Å²) in [5.74, 6) is 0.801. The van der Waals surface area contributed by atoms with Gasteiger partial charge in [0.2, 0.25) is 0 Å². The average molecular weight is 309 g/mol. The number of ketones is 1. The third-order valence-electron chi connectivity index (χ3n) is 5.03. The summed E-state index contributed by atoms with van der Waals surface area (Å²) < 4.78 is 11.2. The first-order valence-corrected chi connectivity index (χ1v) is 8.48. The maximum absolute atomic E-state index is 12.5. The van der Waals surface area contributed by atoms with Gasteiger partial charge in [-0.25, -0.2) is 4.79 Å². The van der Waals surface area contributed by atoms with Gasteiger partial charge >= 0.3 is 6.09 Å². The normalized spacial score (nSPS) is 32.3. The molecular formula is C17H27NO4. The van der Waals surface area contributed by atoms with Crippen LogP contribution in [0.4, 0.5) is 4.79 Å². The molecule has 3 fully saturated rings. The van der Waals surface area contributed by atoms with Crippen LogP contribution in [0.15, 0.2) is 0 Å². The van der Waals surface area contributed by atoms with Crippen molar-refractivity contribution in [2.24, 2.45) is 11.8 Å². The topological polar surface area (TPSA) is 55.8 Å². The summed E-state index contributed by atoms with van der Waals surface area (Å²) in [5.41, 5.74) is -0.495. The molecule has 0 N–H and O–H groups in total. The molecule has 5 nitrogen and oxygen atoms in total. The van der Waals surface area contributed by atoms with Crippen molar-refractivity contribution in [3.63, 3.8) is 0 Å². The minimum atomic E-state index is -0.495. The van der Waals surface area contributed by atoms with E-state index in [1.165, 1.54) is 6.42 Å². The van der Waals surface area contributed by atoms with Gasteiger partial charge in [0, 0.05) is 11.8 Å². The SMILES string of the molecule is CC(C)(C)OC(=O)N1C2COCC1CC(C(=O)C1CCC1)C2. The van der Waals surface area contributed by atoms with E-state index in [1.54, 1.807) is 0 Å². The molecule has 2 unspecified atom stereocenters. The standard InChI is InChI=1S/C17H27NO4/c1-17(2,3)22-16(20)18-13-7-12(8-14(18)10-21-9-13)15(19)11-5-4-6-11/h11-14H,4-10H2,1-3H3. The number of Topliss-reactive ketones (excluding diaryl/α,β-unsaturated/α-hetero) is 1. The summed E-state index contributed by atoms with van der Waals surface area (Å²) >= 11 is 0. The average Bonchev–Trinajstić information content (AvgIpc) is 2.32. The Morgan fingerprint density at radius 3 is 2.09 bits per heavy atom. The first kappa shape index (κ1) is 15.8. The molecule has 3 rings (SSSR count). The van der Waals surface area contributed by atoms with Gasteiger partial charge in [-0.3, -0.25) is 9.69 Å². The zero-order chi connectivity index (χ0) is 15.9. The van der Waals surface area contributed by atoms with Crippen LogP contribution in [0.2, 0.25) is 0 Å². The van der Waals surface area contributed by atoms with E-state index in [0.717, 1.165) is 25.7 Å². The van der Waals surface area contributed by atoms with Crippen LogP contribution < -0.4 is 0 Å². The van der Waals surface area contributed by atoms with E-state index in [1.807, 2.05) is 25.7 Å². The smallest absolute Gasteiger partial charge is 0.410 e. The second-order valence-corrected chi connectivity index (χ2v) is 7.93. The fourth-order valence-corrected chi connectivity index (χ4v) is 3.79. The zero-order valence-electron chi connectivity index (χ0n) is 13.8. The number of piperidine rings is 1. The van der Waals surface area contributed by atoms with E-state index in [4.69, 9.17) is 9.47 Å². The highest BCUT2D eigenvalue weighted by molar-refractivity contribution is 5.84. The third-order valence-corrected chi connectivity index (χ3v) is 5.03. The minimum Gasteiger partial charge on any atom is -0.444 e. The summed E-state index contributed by atoms with van der Waals surface area (Å²) in [6.07, 6.45) is 4.48. The largest absolute Gasteiger partial charge is 0.444 e. The van der Waals surface area contributed by atoms with Crippen molar-refractivity contribution in [2.75, 3.05) is 13.2 Å². The van der Waals surface area contributed by atoms with Gasteiger partial charge in [0.05, 0.1) is 25.3 Å². The fraction of sp³-hybridized carbons (Fsp3) is 0.882. The molecule has 1 aliphatic carbocycles. The molecule has 1 amide bonds. The van der Waals surface area contributed by atoms with Gasteiger partial charge in [-0.05, 0) is 46.5 Å². The number of morpholine rings is 1. The first-order valence-electron chi connectivity index (χ1n) is 8.48. The van der Waals surface area contributed by atoms with Crippen LogP contribution in [0.3, 0.4) is 0 Å². The van der Waals surface area contributed by atoms with Crippen LogP contribution in [0.1, 0.15) is 52.9 Å². The van der Waals surface area contributed by atoms with Crippen LogP contribution >= 0.6 is 0 Å². The molecule has 22 heavy (non-hydrogen) atoms. The van der Waals surface area contributed by atoms with Crippen molar-refractivity contribution in [1.82, 2.24) is 4.90 Å². The van der Waals surface area contributed by atoms with Gasteiger partial charge in [-0.15, -0.1) is 0 Å². The van der Waals surface area contributed by atoms with Crippen LogP contribution in [0, 0.1) is 11.8 Å². The van der Waals surface area contributed by atoms with E-state index in [-0.39, 0.29) is 30.0 Å². The van der Waals surface area contributed by atoms with Crippen molar-refractivity contribution >= 4 is 11.9 Å². The van der Waals surface area contributed by atoms with Crippen molar-refractivity contribution in [3.8, 4) is 0 Å². The lowest BCUT2D eigenvalue weighted by Crippen LogP contribution is -2.61. The Labute approximate surface area is 132 Å². The third kappa shape index (κ3) is 3.14. The highest BCUT2D eigenvalue weighted by Crippen LogP contribution is 2.38. The molecule has 0 aromatic heterocycles. The Hall–Kier alpha value is -1.10. The zero-order valence-corrected chi connectivity index (χ0v) is 13.8. The predicted molar refractivity (Wildman–Crippen MR) is 81.5 cm³/mol. The Bertz CT molecular complexity index is 438. The Morgan fingerprint density at radius 2 is 1.64 bits per heavy atom. The van der Waals surface area contributed by atoms with Crippen molar-refractivity contribution in [1.29, 1.82) is 0 Å². The molecule has 3 aliphatic rings. The Kier molecular flexibility index (Phi) is 4.19. The van der Waals surface area contributed by atoms with Gasteiger partial charge in [-0.2, -0.15) is 0 Å². The molecular weight excluding hydrogens is 282 g/mol. The van der Waals surface area contributed by atoms with E-state index in [0.29, 0.717) is 19.0 Å². The van der Waals surface area contributed by atoms with Gasteiger partial charge in [0.1, 0.15) is 11.4 Å². The van der Waals surface area contributed by atoms with E-state index in [2.05, 4.69) is 0 Å². The summed E-state index contributed by atoms with van der Waals surface area (Å²) in [6.45, 7) is 6.67. The Morgan fingerprint density at radius 1 is 1.05 bits per heavy atom. The predicted octanol–water partition coefficient (Wildman–Crippen LogP) is 2.77. The molecule has 0 aromatic rings. The minimum absolute atomic E-state index is 0.0172. The summed E-state index contributed by atoms with van der Waals surface area (Å²) in [7, 11) is 0. The van der Waals surface area contributed by atoms with Crippen molar-refractivity contribution in [2.45, 2.75) is 70.6 Å². The lowest BCUT2D eigenvalue weighted by atomic mass is 9.73. The van der Waals surface area contributed by atoms with Crippen LogP contribution in [-0.2, 0) is 14.3 Å². The molecule has 124 valence electrons. The molecule has 0 radical (unpaired) electrons. The van der Waals surface area contributed by atoms with Gasteiger partial charge < -0.3 is 9.47 Å². The van der Waals surface area contributed by atoms with E-state index < -0.39 is 5.60 Å². The molecule has 0 aromatic carbocycles. The number of rotatable bonds is 2. The highest BCUT2D eigenvalue weighted by atomic mass is 16.6. The summed E-state index contributed by atoms with van der Waals surface area (Å²) in [4.78, 5) is 26.8. The first-order chi connectivity index (χ1) is 10.3. The van der Waals surface area contributed by atoms with Crippen molar-refractivity contribution < 1.29 is 19.1 Å². The number of carbonyl (C=O) groups excluding carboxylic acids is 2. The number of hydrogen-bond acceptors (Lipinski definition) is 4. The molecule has 1 saturated carbocycles. The fourth-order valence-electron chi connectivity index (χ4n) is 3.79. The van der Waals surface area contributed by atoms with Crippen LogP contribution in [-0.4, -0.2) is 47.7 Å². The van der Waals surface area contributed by atoms with Gasteiger partial charge in [0.15, 0.2) is 0 Å². The quantitative estimate of drug-likeness (QED) is 0.787. The molecule has 2 atom stereocenters. The van der Waals surface area contributed by atoms with E-state index >= 15 is 0 Å². The molecule has 2 saturated heterocycles. The lowest BCUT2D eigenvalue weighted by molar-refractivity contribution is -0.138. The second-order valence-electron chi connectivity index (χ2n) is 7.93. The molecule has 0 spiro atoms. The number of fused-ring (bicyclic) bond motifs is 2. The summed E-state index contributed by atoms with van der Waals surface area (Å²) in [5, 5.41) is 0. The second kappa shape index (κ2) is 5.84. The number of nitrogens with zero attached hydrogens (tertiary/aromatic N) is 1. The van der Waals surface area contributed by atoms with Crippen LogP contribution in [0.25, 0.3) is 0 Å². The lowest BCUT2D eigenvalue weighted by Gasteiger charge is -2.48.